The Morgan fingerprint density at radius 3 is 3.04 bits per heavy atom. The molecule has 27 heavy (non-hydrogen) atoms. The number of nitrogens with one attached hydrogen (secondary N) is 2. The molecule has 0 aliphatic carbocycles. The maximum atomic E-state index is 12.5. The Balaban J connectivity index is 1.54. The standard InChI is InChI=1S/C21H31N3O3/c1-3-26-15-16-7-6-12-24(14-16)21(25)22-11-10-17-13-23-18-8-5-9-19(20(17)18)27-4-2/h5,8-9,13,16,23H,3-4,6-7,10-12,14-15H2,1-2H3,(H,22,25). The number of benzene rings is 1. The number of urea groups is 1. The number of aromatic amines is 1. The third-order valence-electron chi connectivity index (χ3n) is 5.08. The van der Waals surface area contributed by atoms with Crippen LogP contribution in [0.15, 0.2) is 24.4 Å². The van der Waals surface area contributed by atoms with Crippen LogP contribution in [-0.4, -0.2) is 55.4 Å². The molecule has 1 aromatic carbocycles. The van der Waals surface area contributed by atoms with Crippen molar-refractivity contribution in [2.24, 2.45) is 5.92 Å². The van der Waals surface area contributed by atoms with E-state index in [1.54, 1.807) is 0 Å². The molecule has 1 fully saturated rings. The van der Waals surface area contributed by atoms with E-state index < -0.39 is 0 Å². The van der Waals surface area contributed by atoms with Gasteiger partial charge < -0.3 is 24.7 Å². The minimum absolute atomic E-state index is 0.0288. The molecule has 2 N–H and O–H groups in total. The molecule has 0 spiro atoms. The lowest BCUT2D eigenvalue weighted by Crippen LogP contribution is -2.46. The van der Waals surface area contributed by atoms with Gasteiger partial charge in [0.2, 0.25) is 0 Å². The number of ether oxygens (including phenoxy) is 2. The second-order valence-electron chi connectivity index (χ2n) is 7.02. The van der Waals surface area contributed by atoms with Crippen LogP contribution in [0, 0.1) is 5.92 Å². The van der Waals surface area contributed by atoms with Crippen LogP contribution in [0.25, 0.3) is 10.9 Å². The minimum atomic E-state index is 0.0288. The molecule has 1 aliphatic heterocycles. The highest BCUT2D eigenvalue weighted by atomic mass is 16.5. The number of hydrogen-bond acceptors (Lipinski definition) is 3. The van der Waals surface area contributed by atoms with E-state index in [4.69, 9.17) is 9.47 Å². The summed E-state index contributed by atoms with van der Waals surface area (Å²) in [4.78, 5) is 17.7. The van der Waals surface area contributed by atoms with Crippen molar-refractivity contribution in [2.75, 3.05) is 39.5 Å². The first kappa shape index (κ1) is 19.5. The van der Waals surface area contributed by atoms with Crippen molar-refractivity contribution in [3.8, 4) is 5.75 Å². The van der Waals surface area contributed by atoms with E-state index in [-0.39, 0.29) is 6.03 Å². The molecule has 1 saturated heterocycles. The van der Waals surface area contributed by atoms with Gasteiger partial charge >= 0.3 is 6.03 Å². The molecule has 1 aliphatic rings. The normalized spacial score (nSPS) is 17.3. The van der Waals surface area contributed by atoms with Gasteiger partial charge in [-0.2, -0.15) is 0 Å². The van der Waals surface area contributed by atoms with Gasteiger partial charge in [0.15, 0.2) is 0 Å². The Morgan fingerprint density at radius 2 is 2.22 bits per heavy atom. The Hall–Kier alpha value is -2.21. The number of H-pyrrole nitrogens is 1. The van der Waals surface area contributed by atoms with Gasteiger partial charge in [0.05, 0.1) is 13.2 Å². The largest absolute Gasteiger partial charge is 0.493 e. The molecule has 0 radical (unpaired) electrons. The van der Waals surface area contributed by atoms with Crippen molar-refractivity contribution >= 4 is 16.9 Å². The number of amides is 2. The molecule has 6 heteroatoms. The molecule has 0 bridgehead atoms. The summed E-state index contributed by atoms with van der Waals surface area (Å²) >= 11 is 0. The Bertz CT molecular complexity index is 743. The van der Waals surface area contributed by atoms with E-state index in [2.05, 4.69) is 10.3 Å². The third kappa shape index (κ3) is 4.95. The van der Waals surface area contributed by atoms with Crippen LogP contribution in [0.3, 0.4) is 0 Å². The molecule has 2 amide bonds. The van der Waals surface area contributed by atoms with Gasteiger partial charge in [-0.25, -0.2) is 4.79 Å². The van der Waals surface area contributed by atoms with Gasteiger partial charge in [-0.15, -0.1) is 0 Å². The highest BCUT2D eigenvalue weighted by molar-refractivity contribution is 5.89. The van der Waals surface area contributed by atoms with Crippen LogP contribution in [-0.2, 0) is 11.2 Å². The van der Waals surface area contributed by atoms with E-state index in [1.165, 1.54) is 5.56 Å². The van der Waals surface area contributed by atoms with Gasteiger partial charge in [0, 0.05) is 49.3 Å². The molecule has 148 valence electrons. The first-order valence-electron chi connectivity index (χ1n) is 10.0. The highest BCUT2D eigenvalue weighted by Gasteiger charge is 2.23. The van der Waals surface area contributed by atoms with Crippen LogP contribution in [0.4, 0.5) is 4.79 Å². The fraction of sp³-hybridized carbons (Fsp3) is 0.571. The van der Waals surface area contributed by atoms with Crippen LogP contribution >= 0.6 is 0 Å². The lowest BCUT2D eigenvalue weighted by Gasteiger charge is -2.32. The van der Waals surface area contributed by atoms with E-state index in [0.29, 0.717) is 19.1 Å². The summed E-state index contributed by atoms with van der Waals surface area (Å²) in [6.07, 6.45) is 4.97. The van der Waals surface area contributed by atoms with Crippen molar-refractivity contribution < 1.29 is 14.3 Å². The summed E-state index contributed by atoms with van der Waals surface area (Å²) in [7, 11) is 0. The molecule has 0 saturated carbocycles. The van der Waals surface area contributed by atoms with Crippen molar-refractivity contribution in [3.05, 3.63) is 30.0 Å². The average molecular weight is 373 g/mol. The fourth-order valence-electron chi connectivity index (χ4n) is 3.78. The van der Waals surface area contributed by atoms with Crippen LogP contribution in [0.2, 0.25) is 0 Å². The van der Waals surface area contributed by atoms with Gasteiger partial charge in [-0.1, -0.05) is 6.07 Å². The maximum Gasteiger partial charge on any atom is 0.317 e. The Labute approximate surface area is 161 Å². The van der Waals surface area contributed by atoms with Crippen LogP contribution in [0.1, 0.15) is 32.3 Å². The number of fused-ring (bicyclic) bond motifs is 1. The second-order valence-corrected chi connectivity index (χ2v) is 7.02. The van der Waals surface area contributed by atoms with Gasteiger partial charge in [-0.3, -0.25) is 0 Å². The van der Waals surface area contributed by atoms with E-state index in [9.17, 15) is 4.79 Å². The molecular formula is C21H31N3O3. The average Bonchev–Trinajstić information content (AvgIpc) is 3.11. The number of piperidine rings is 1. The third-order valence-corrected chi connectivity index (χ3v) is 5.08. The molecule has 2 heterocycles. The molecule has 3 rings (SSSR count). The lowest BCUT2D eigenvalue weighted by molar-refractivity contribution is 0.0757. The van der Waals surface area contributed by atoms with Crippen molar-refractivity contribution in [1.82, 2.24) is 15.2 Å². The number of nitrogens with zero attached hydrogens (tertiary/aromatic N) is 1. The monoisotopic (exact) mass is 373 g/mol. The summed E-state index contributed by atoms with van der Waals surface area (Å²) in [6, 6.07) is 6.06. The van der Waals surface area contributed by atoms with Gasteiger partial charge in [0.25, 0.3) is 0 Å². The second kappa shape index (κ2) is 9.65. The smallest absolute Gasteiger partial charge is 0.317 e. The van der Waals surface area contributed by atoms with E-state index in [0.717, 1.165) is 62.2 Å². The number of carbonyl (C=O) groups is 1. The molecule has 1 unspecified atom stereocenters. The first-order chi connectivity index (χ1) is 13.2. The number of hydrogen-bond donors (Lipinski definition) is 2. The summed E-state index contributed by atoms with van der Waals surface area (Å²) < 4.78 is 11.3. The molecule has 1 atom stereocenters. The van der Waals surface area contributed by atoms with E-state index in [1.807, 2.05) is 43.1 Å². The maximum absolute atomic E-state index is 12.5. The number of likely N-dealkylation sites (tertiary alicyclic amines) is 1. The summed E-state index contributed by atoms with van der Waals surface area (Å²) in [6.45, 7) is 8.34. The number of carbonyl (C=O) groups excluding carboxylic acids is 1. The predicted molar refractivity (Wildman–Crippen MR) is 107 cm³/mol. The number of rotatable bonds is 8. The zero-order valence-corrected chi connectivity index (χ0v) is 16.4. The Morgan fingerprint density at radius 1 is 1.33 bits per heavy atom. The topological polar surface area (TPSA) is 66.6 Å². The molecular weight excluding hydrogens is 342 g/mol. The summed E-state index contributed by atoms with van der Waals surface area (Å²) in [5, 5.41) is 4.19. The quantitative estimate of drug-likeness (QED) is 0.743. The van der Waals surface area contributed by atoms with Gasteiger partial charge in [0.1, 0.15) is 5.75 Å². The van der Waals surface area contributed by atoms with Crippen molar-refractivity contribution in [1.29, 1.82) is 0 Å². The summed E-state index contributed by atoms with van der Waals surface area (Å²) in [5.41, 5.74) is 2.24. The van der Waals surface area contributed by atoms with Crippen LogP contribution < -0.4 is 10.1 Å². The highest BCUT2D eigenvalue weighted by Crippen LogP contribution is 2.29. The van der Waals surface area contributed by atoms with Crippen LogP contribution in [0.5, 0.6) is 5.75 Å². The number of aromatic nitrogens is 1. The zero-order chi connectivity index (χ0) is 19.1. The van der Waals surface area contributed by atoms with Gasteiger partial charge in [-0.05, 0) is 50.8 Å². The first-order valence-corrected chi connectivity index (χ1v) is 10.0. The summed E-state index contributed by atoms with van der Waals surface area (Å²) in [5.74, 6) is 1.35. The zero-order valence-electron chi connectivity index (χ0n) is 16.4. The molecule has 1 aromatic heterocycles. The van der Waals surface area contributed by atoms with Crippen molar-refractivity contribution in [3.63, 3.8) is 0 Å². The van der Waals surface area contributed by atoms with Crippen molar-refractivity contribution in [2.45, 2.75) is 33.1 Å². The lowest BCUT2D eigenvalue weighted by atomic mass is 9.99. The SMILES string of the molecule is CCOCC1CCCN(C(=O)NCCc2c[nH]c3cccc(OCC)c23)C1. The molecule has 2 aromatic rings. The Kier molecular flexibility index (Phi) is 6.98. The van der Waals surface area contributed by atoms with E-state index >= 15 is 0 Å². The predicted octanol–water partition coefficient (Wildman–Crippen LogP) is 3.57. The molecule has 6 nitrogen and oxygen atoms in total. The fourth-order valence-corrected chi connectivity index (χ4v) is 3.78. The minimum Gasteiger partial charge on any atom is -0.493 e.